The third-order valence-electron chi connectivity index (χ3n) is 4.33. The lowest BCUT2D eigenvalue weighted by atomic mass is 10.1. The summed E-state index contributed by atoms with van der Waals surface area (Å²) in [4.78, 5) is 18.0. The van der Waals surface area contributed by atoms with Crippen molar-refractivity contribution in [3.63, 3.8) is 0 Å². The lowest BCUT2D eigenvalue weighted by Crippen LogP contribution is -2.31. The number of benzene rings is 2. The van der Waals surface area contributed by atoms with Gasteiger partial charge in [0.1, 0.15) is 18.5 Å². The van der Waals surface area contributed by atoms with Gasteiger partial charge in [0.25, 0.3) is 0 Å². The Morgan fingerprint density at radius 3 is 2.56 bits per heavy atom. The van der Waals surface area contributed by atoms with Crippen LogP contribution < -0.4 is 0 Å². The molecule has 2 aromatic carbocycles. The molecule has 0 radical (unpaired) electrons. The first-order chi connectivity index (χ1) is 12.1. The molecule has 0 spiro atoms. The largest absolute Gasteiger partial charge is 0.339 e. The highest BCUT2D eigenvalue weighted by atomic mass is 19.1. The van der Waals surface area contributed by atoms with Crippen LogP contribution in [-0.4, -0.2) is 32.6 Å². The van der Waals surface area contributed by atoms with E-state index < -0.39 is 0 Å². The maximum atomic E-state index is 13.7. The van der Waals surface area contributed by atoms with Gasteiger partial charge in [0, 0.05) is 7.05 Å². The normalized spacial score (nSPS) is 12.0. The molecule has 1 amide bonds. The molecule has 128 valence electrons. The van der Waals surface area contributed by atoms with Crippen LogP contribution in [0.3, 0.4) is 0 Å². The minimum atomic E-state index is -0.353. The molecule has 3 rings (SSSR count). The second-order valence-electron chi connectivity index (χ2n) is 5.88. The Bertz CT molecular complexity index is 846. The van der Waals surface area contributed by atoms with Gasteiger partial charge in [0.2, 0.25) is 5.91 Å². The van der Waals surface area contributed by atoms with E-state index in [1.165, 1.54) is 12.4 Å². The molecule has 3 aromatic rings. The van der Waals surface area contributed by atoms with Crippen molar-refractivity contribution in [3.8, 4) is 5.69 Å². The zero-order chi connectivity index (χ0) is 17.8. The van der Waals surface area contributed by atoms with Crippen LogP contribution in [0.15, 0.2) is 61.2 Å². The SMILES string of the molecule is CC(c1ccc(-n2cncn2)cc1)N(C)C(=O)Cc1ccccc1F. The summed E-state index contributed by atoms with van der Waals surface area (Å²) in [5, 5.41) is 4.08. The molecule has 25 heavy (non-hydrogen) atoms. The quantitative estimate of drug-likeness (QED) is 0.718. The van der Waals surface area contributed by atoms with E-state index in [0.717, 1.165) is 11.3 Å². The molecule has 5 nitrogen and oxygen atoms in total. The summed E-state index contributed by atoms with van der Waals surface area (Å²) in [6.07, 6.45) is 3.15. The topological polar surface area (TPSA) is 51.0 Å². The third kappa shape index (κ3) is 3.74. The maximum Gasteiger partial charge on any atom is 0.227 e. The monoisotopic (exact) mass is 338 g/mol. The van der Waals surface area contributed by atoms with Gasteiger partial charge in [-0.2, -0.15) is 5.10 Å². The molecule has 0 aliphatic heterocycles. The van der Waals surface area contributed by atoms with Crippen molar-refractivity contribution >= 4 is 5.91 Å². The molecule has 0 N–H and O–H groups in total. The van der Waals surface area contributed by atoms with Crippen molar-refractivity contribution in [3.05, 3.63) is 78.1 Å². The number of hydrogen-bond acceptors (Lipinski definition) is 3. The molecule has 0 saturated heterocycles. The van der Waals surface area contributed by atoms with Gasteiger partial charge in [-0.3, -0.25) is 4.79 Å². The van der Waals surface area contributed by atoms with Crippen LogP contribution in [0.25, 0.3) is 5.69 Å². The van der Waals surface area contributed by atoms with Crippen LogP contribution in [0.4, 0.5) is 4.39 Å². The predicted octanol–water partition coefficient (Wildman–Crippen LogP) is 3.17. The van der Waals surface area contributed by atoms with Crippen molar-refractivity contribution in [2.24, 2.45) is 0 Å². The smallest absolute Gasteiger partial charge is 0.227 e. The van der Waals surface area contributed by atoms with E-state index >= 15 is 0 Å². The molecule has 6 heteroatoms. The van der Waals surface area contributed by atoms with Crippen LogP contribution >= 0.6 is 0 Å². The molecule has 1 unspecified atom stereocenters. The fourth-order valence-corrected chi connectivity index (χ4v) is 2.62. The number of halogens is 1. The molecule has 0 aliphatic rings. The Kier molecular flexibility index (Phi) is 4.88. The van der Waals surface area contributed by atoms with Gasteiger partial charge in [0.15, 0.2) is 0 Å². The number of amides is 1. The summed E-state index contributed by atoms with van der Waals surface area (Å²) >= 11 is 0. The second-order valence-corrected chi connectivity index (χ2v) is 5.88. The minimum Gasteiger partial charge on any atom is -0.339 e. The highest BCUT2D eigenvalue weighted by molar-refractivity contribution is 5.79. The number of likely N-dealkylation sites (N-methyl/N-ethyl adjacent to an activating group) is 1. The van der Waals surface area contributed by atoms with Crippen molar-refractivity contribution in [1.29, 1.82) is 0 Å². The van der Waals surface area contributed by atoms with E-state index in [-0.39, 0.29) is 24.2 Å². The molecular formula is C19H19FN4O. The molecule has 0 fully saturated rings. The summed E-state index contributed by atoms with van der Waals surface area (Å²) < 4.78 is 15.4. The van der Waals surface area contributed by atoms with E-state index in [2.05, 4.69) is 10.1 Å². The zero-order valence-electron chi connectivity index (χ0n) is 14.1. The number of nitrogens with zero attached hydrogens (tertiary/aromatic N) is 4. The summed E-state index contributed by atoms with van der Waals surface area (Å²) in [7, 11) is 1.74. The number of aromatic nitrogens is 3. The van der Waals surface area contributed by atoms with Crippen molar-refractivity contribution in [2.45, 2.75) is 19.4 Å². The number of rotatable bonds is 5. The average molecular weight is 338 g/mol. The molecular weight excluding hydrogens is 319 g/mol. The van der Waals surface area contributed by atoms with Gasteiger partial charge in [-0.15, -0.1) is 0 Å². The lowest BCUT2D eigenvalue weighted by Gasteiger charge is -2.25. The van der Waals surface area contributed by atoms with Gasteiger partial charge in [0.05, 0.1) is 18.2 Å². The van der Waals surface area contributed by atoms with Crippen molar-refractivity contribution in [2.75, 3.05) is 7.05 Å². The van der Waals surface area contributed by atoms with E-state index in [9.17, 15) is 9.18 Å². The Morgan fingerprint density at radius 1 is 1.20 bits per heavy atom. The Hall–Kier alpha value is -3.02. The second kappa shape index (κ2) is 7.25. The molecule has 1 atom stereocenters. The van der Waals surface area contributed by atoms with Crippen LogP contribution in [0, 0.1) is 5.82 Å². The molecule has 0 bridgehead atoms. The van der Waals surface area contributed by atoms with Gasteiger partial charge >= 0.3 is 0 Å². The summed E-state index contributed by atoms with van der Waals surface area (Å²) in [6, 6.07) is 14.0. The molecule has 0 saturated carbocycles. The Morgan fingerprint density at radius 2 is 1.92 bits per heavy atom. The zero-order valence-corrected chi connectivity index (χ0v) is 14.1. The van der Waals surface area contributed by atoms with Crippen LogP contribution in [0.2, 0.25) is 0 Å². The maximum absolute atomic E-state index is 13.7. The van der Waals surface area contributed by atoms with E-state index in [4.69, 9.17) is 0 Å². The number of carbonyl (C=O) groups excluding carboxylic acids is 1. The lowest BCUT2D eigenvalue weighted by molar-refractivity contribution is -0.131. The summed E-state index contributed by atoms with van der Waals surface area (Å²) in [5.41, 5.74) is 2.30. The van der Waals surface area contributed by atoms with Gasteiger partial charge in [-0.25, -0.2) is 14.1 Å². The molecule has 1 aromatic heterocycles. The number of hydrogen-bond donors (Lipinski definition) is 0. The first kappa shape index (κ1) is 16.8. The highest BCUT2D eigenvalue weighted by Crippen LogP contribution is 2.21. The first-order valence-corrected chi connectivity index (χ1v) is 8.00. The standard InChI is InChI=1S/C19H19FN4O/c1-14(15-7-9-17(10-8-15)24-13-21-12-22-24)23(2)19(25)11-16-5-3-4-6-18(16)20/h3-10,12-14H,11H2,1-2H3. The number of carbonyl (C=O) groups is 1. The Labute approximate surface area is 145 Å². The molecule has 1 heterocycles. The summed E-state index contributed by atoms with van der Waals surface area (Å²) in [5.74, 6) is -0.480. The van der Waals surface area contributed by atoms with Gasteiger partial charge in [-0.1, -0.05) is 30.3 Å². The van der Waals surface area contributed by atoms with E-state index in [1.54, 1.807) is 41.2 Å². The highest BCUT2D eigenvalue weighted by Gasteiger charge is 2.19. The molecule has 0 aliphatic carbocycles. The van der Waals surface area contributed by atoms with Crippen LogP contribution in [0.5, 0.6) is 0 Å². The van der Waals surface area contributed by atoms with E-state index in [1.807, 2.05) is 31.2 Å². The fraction of sp³-hybridized carbons (Fsp3) is 0.211. The average Bonchev–Trinajstić information content (AvgIpc) is 3.17. The third-order valence-corrected chi connectivity index (χ3v) is 4.33. The van der Waals surface area contributed by atoms with Gasteiger partial charge < -0.3 is 4.90 Å². The van der Waals surface area contributed by atoms with Crippen LogP contribution in [-0.2, 0) is 11.2 Å². The fourth-order valence-electron chi connectivity index (χ4n) is 2.62. The van der Waals surface area contributed by atoms with E-state index in [0.29, 0.717) is 5.56 Å². The minimum absolute atomic E-state index is 0.0462. The Balaban J connectivity index is 1.70. The van der Waals surface area contributed by atoms with Gasteiger partial charge in [-0.05, 0) is 36.2 Å². The van der Waals surface area contributed by atoms with Crippen molar-refractivity contribution < 1.29 is 9.18 Å². The first-order valence-electron chi connectivity index (χ1n) is 8.00. The van der Waals surface area contributed by atoms with Crippen molar-refractivity contribution in [1.82, 2.24) is 19.7 Å². The summed E-state index contributed by atoms with van der Waals surface area (Å²) in [6.45, 7) is 1.95. The predicted molar refractivity (Wildman–Crippen MR) is 92.6 cm³/mol. The van der Waals surface area contributed by atoms with Crippen LogP contribution in [0.1, 0.15) is 24.1 Å².